The Kier molecular flexibility index (Phi) is 4.60. The van der Waals surface area contributed by atoms with E-state index in [4.69, 9.17) is 4.74 Å². The van der Waals surface area contributed by atoms with Crippen LogP contribution in [0, 0.1) is 0 Å². The summed E-state index contributed by atoms with van der Waals surface area (Å²) in [6.45, 7) is 0. The molecular formula is C17H17N5O3. The van der Waals surface area contributed by atoms with Crippen molar-refractivity contribution in [2.75, 3.05) is 12.4 Å². The van der Waals surface area contributed by atoms with Gasteiger partial charge in [-0.1, -0.05) is 12.1 Å². The molecule has 0 aliphatic carbocycles. The number of hydrogen-bond donors (Lipinski definition) is 1. The van der Waals surface area contributed by atoms with Gasteiger partial charge in [0.25, 0.3) is 0 Å². The lowest BCUT2D eigenvalue weighted by Crippen LogP contribution is -2.21. The summed E-state index contributed by atoms with van der Waals surface area (Å²) in [7, 11) is 3.11. The van der Waals surface area contributed by atoms with Crippen LogP contribution in [0.3, 0.4) is 0 Å². The Balaban J connectivity index is 1.67. The van der Waals surface area contributed by atoms with Crippen LogP contribution in [0.25, 0.3) is 5.69 Å². The smallest absolute Gasteiger partial charge is 0.368 e. The lowest BCUT2D eigenvalue weighted by atomic mass is 10.1. The highest BCUT2D eigenvalue weighted by Crippen LogP contribution is 2.15. The third kappa shape index (κ3) is 3.74. The monoisotopic (exact) mass is 339 g/mol. The van der Waals surface area contributed by atoms with E-state index in [0.717, 1.165) is 10.2 Å². The number of benzene rings is 2. The summed E-state index contributed by atoms with van der Waals surface area (Å²) in [5, 5.41) is 10.2. The van der Waals surface area contributed by atoms with Crippen molar-refractivity contribution in [3.05, 3.63) is 64.6 Å². The zero-order valence-electron chi connectivity index (χ0n) is 13.8. The van der Waals surface area contributed by atoms with E-state index < -0.39 is 0 Å². The number of amides is 1. The lowest BCUT2D eigenvalue weighted by Gasteiger charge is -2.07. The van der Waals surface area contributed by atoms with Crippen LogP contribution in [0.15, 0.2) is 53.3 Å². The van der Waals surface area contributed by atoms with Gasteiger partial charge in [0.1, 0.15) is 5.75 Å². The molecule has 3 rings (SSSR count). The van der Waals surface area contributed by atoms with Crippen LogP contribution < -0.4 is 15.7 Å². The fourth-order valence-corrected chi connectivity index (χ4v) is 2.33. The van der Waals surface area contributed by atoms with Gasteiger partial charge in [-0.05, 0) is 52.4 Å². The number of aryl methyl sites for hydroxylation is 1. The van der Waals surface area contributed by atoms with E-state index in [1.165, 1.54) is 11.7 Å². The molecule has 0 fully saturated rings. The minimum Gasteiger partial charge on any atom is -0.497 e. The molecule has 8 heteroatoms. The standard InChI is InChI=1S/C17H17N5O3/c1-21-17(24)22(20-19-21)14-8-6-13(7-9-14)18-16(23)11-12-4-3-5-15(10-12)25-2/h3-10H,11H2,1-2H3,(H,18,23). The molecule has 1 amide bonds. The van der Waals surface area contributed by atoms with Crippen molar-refractivity contribution >= 4 is 11.6 Å². The fourth-order valence-electron chi connectivity index (χ4n) is 2.33. The van der Waals surface area contributed by atoms with Gasteiger partial charge in [0.2, 0.25) is 5.91 Å². The van der Waals surface area contributed by atoms with Crippen LogP contribution in [-0.2, 0) is 18.3 Å². The number of rotatable bonds is 5. The van der Waals surface area contributed by atoms with Crippen LogP contribution in [0.2, 0.25) is 0 Å². The van der Waals surface area contributed by atoms with E-state index in [-0.39, 0.29) is 18.0 Å². The number of aromatic nitrogens is 4. The molecule has 0 bridgehead atoms. The van der Waals surface area contributed by atoms with Gasteiger partial charge in [-0.15, -0.1) is 0 Å². The van der Waals surface area contributed by atoms with Gasteiger partial charge in [0, 0.05) is 12.7 Å². The van der Waals surface area contributed by atoms with Crippen molar-refractivity contribution in [1.29, 1.82) is 0 Å². The molecule has 0 aliphatic rings. The topological polar surface area (TPSA) is 91.0 Å². The van der Waals surface area contributed by atoms with Gasteiger partial charge >= 0.3 is 5.69 Å². The van der Waals surface area contributed by atoms with Crippen LogP contribution in [0.4, 0.5) is 5.69 Å². The maximum Gasteiger partial charge on any atom is 0.368 e. The van der Waals surface area contributed by atoms with Crippen molar-refractivity contribution in [1.82, 2.24) is 19.8 Å². The molecule has 1 aromatic heterocycles. The number of tetrazole rings is 1. The summed E-state index contributed by atoms with van der Waals surface area (Å²) < 4.78 is 7.47. The van der Waals surface area contributed by atoms with Gasteiger partial charge in [0.05, 0.1) is 19.2 Å². The summed E-state index contributed by atoms with van der Waals surface area (Å²) in [5.74, 6) is 0.571. The molecule has 0 saturated carbocycles. The highest BCUT2D eigenvalue weighted by atomic mass is 16.5. The van der Waals surface area contributed by atoms with Crippen molar-refractivity contribution < 1.29 is 9.53 Å². The molecule has 0 aliphatic heterocycles. The predicted octanol–water partition coefficient (Wildman–Crippen LogP) is 1.16. The minimum absolute atomic E-state index is 0.141. The highest BCUT2D eigenvalue weighted by Gasteiger charge is 2.08. The van der Waals surface area contributed by atoms with E-state index in [2.05, 4.69) is 15.7 Å². The highest BCUT2D eigenvalue weighted by molar-refractivity contribution is 5.92. The third-order valence-corrected chi connectivity index (χ3v) is 3.62. The zero-order chi connectivity index (χ0) is 17.8. The first kappa shape index (κ1) is 16.4. The average molecular weight is 339 g/mol. The number of hydrogen-bond acceptors (Lipinski definition) is 5. The van der Waals surface area contributed by atoms with Gasteiger partial charge < -0.3 is 10.1 Å². The van der Waals surface area contributed by atoms with Gasteiger partial charge in [-0.2, -0.15) is 9.36 Å². The van der Waals surface area contributed by atoms with Crippen LogP contribution in [-0.4, -0.2) is 32.8 Å². The first-order chi connectivity index (χ1) is 12.1. The van der Waals surface area contributed by atoms with Gasteiger partial charge in [-0.3, -0.25) is 4.79 Å². The van der Waals surface area contributed by atoms with Crippen LogP contribution in [0.5, 0.6) is 5.75 Å². The summed E-state index contributed by atoms with van der Waals surface area (Å²) in [6.07, 6.45) is 0.239. The number of nitrogens with one attached hydrogen (secondary N) is 1. The molecule has 0 saturated heterocycles. The molecule has 0 unspecified atom stereocenters. The molecular weight excluding hydrogens is 322 g/mol. The molecule has 0 radical (unpaired) electrons. The summed E-state index contributed by atoms with van der Waals surface area (Å²) in [5.41, 5.74) is 1.73. The Hall–Kier alpha value is -3.42. The SMILES string of the molecule is COc1cccc(CC(=O)Nc2ccc(-n3nnn(C)c3=O)cc2)c1. The van der Waals surface area contributed by atoms with Crippen LogP contribution >= 0.6 is 0 Å². The second kappa shape index (κ2) is 7.00. The van der Waals surface area contributed by atoms with E-state index in [1.807, 2.05) is 24.3 Å². The number of carbonyl (C=O) groups excluding carboxylic acids is 1. The summed E-state index contributed by atoms with van der Waals surface area (Å²) in [6, 6.07) is 14.2. The van der Waals surface area contributed by atoms with E-state index in [9.17, 15) is 9.59 Å². The molecule has 8 nitrogen and oxygen atoms in total. The van der Waals surface area contributed by atoms with Crippen molar-refractivity contribution in [3.8, 4) is 11.4 Å². The second-order valence-corrected chi connectivity index (χ2v) is 5.42. The Bertz CT molecular complexity index is 943. The average Bonchev–Trinajstić information content (AvgIpc) is 2.95. The normalized spacial score (nSPS) is 10.5. The third-order valence-electron chi connectivity index (χ3n) is 3.62. The summed E-state index contributed by atoms with van der Waals surface area (Å²) in [4.78, 5) is 24.0. The molecule has 1 N–H and O–H groups in total. The largest absolute Gasteiger partial charge is 0.497 e. The Morgan fingerprint density at radius 3 is 2.56 bits per heavy atom. The summed E-state index contributed by atoms with van der Waals surface area (Å²) >= 11 is 0. The predicted molar refractivity (Wildman–Crippen MR) is 91.9 cm³/mol. The molecule has 2 aromatic carbocycles. The molecule has 25 heavy (non-hydrogen) atoms. The zero-order valence-corrected chi connectivity index (χ0v) is 13.8. The number of carbonyl (C=O) groups is 1. The number of nitrogens with zero attached hydrogens (tertiary/aromatic N) is 4. The van der Waals surface area contributed by atoms with Crippen molar-refractivity contribution in [3.63, 3.8) is 0 Å². The Labute approximate surface area is 143 Å². The van der Waals surface area contributed by atoms with Gasteiger partial charge in [0.15, 0.2) is 0 Å². The fraction of sp³-hybridized carbons (Fsp3) is 0.176. The quantitative estimate of drug-likeness (QED) is 0.753. The maximum atomic E-state index is 12.2. The first-order valence-electron chi connectivity index (χ1n) is 7.59. The molecule has 0 atom stereocenters. The Morgan fingerprint density at radius 2 is 1.92 bits per heavy atom. The van der Waals surface area contributed by atoms with Crippen LogP contribution in [0.1, 0.15) is 5.56 Å². The molecule has 0 spiro atoms. The van der Waals surface area contributed by atoms with E-state index in [1.54, 1.807) is 31.4 Å². The lowest BCUT2D eigenvalue weighted by molar-refractivity contribution is -0.115. The Morgan fingerprint density at radius 1 is 1.16 bits per heavy atom. The van der Waals surface area contributed by atoms with E-state index in [0.29, 0.717) is 17.1 Å². The number of ether oxygens (including phenoxy) is 1. The molecule has 1 heterocycles. The van der Waals surface area contributed by atoms with Crippen molar-refractivity contribution in [2.45, 2.75) is 6.42 Å². The second-order valence-electron chi connectivity index (χ2n) is 5.42. The van der Waals surface area contributed by atoms with Gasteiger partial charge in [-0.25, -0.2) is 4.79 Å². The molecule has 3 aromatic rings. The number of methoxy groups -OCH3 is 1. The minimum atomic E-state index is -0.338. The van der Waals surface area contributed by atoms with E-state index >= 15 is 0 Å². The van der Waals surface area contributed by atoms with Crippen molar-refractivity contribution in [2.24, 2.45) is 7.05 Å². The maximum absolute atomic E-state index is 12.2. The molecule has 128 valence electrons. The first-order valence-corrected chi connectivity index (χ1v) is 7.59. The number of anilines is 1.